The highest BCUT2D eigenvalue weighted by molar-refractivity contribution is 6.98. The number of hydrogen-bond acceptors (Lipinski definition) is 3. The lowest BCUT2D eigenvalue weighted by atomic mass is 10.2. The Morgan fingerprint density at radius 3 is 1.22 bits per heavy atom. The summed E-state index contributed by atoms with van der Waals surface area (Å²) in [6, 6.07) is 8.12. The van der Waals surface area contributed by atoms with Gasteiger partial charge < -0.3 is 12.3 Å². The van der Waals surface area contributed by atoms with Crippen molar-refractivity contribution in [2.75, 3.05) is 0 Å². The Morgan fingerprint density at radius 1 is 0.630 bits per heavy atom. The summed E-state index contributed by atoms with van der Waals surface area (Å²) in [5.74, 6) is 0. The van der Waals surface area contributed by atoms with Crippen LogP contribution in [-0.4, -0.2) is 33.8 Å². The molecular formula is C20H34O3Si4. The average molecular weight is 435 g/mol. The van der Waals surface area contributed by atoms with Crippen molar-refractivity contribution < 1.29 is 12.3 Å². The predicted octanol–water partition coefficient (Wildman–Crippen LogP) is 5.32. The van der Waals surface area contributed by atoms with Gasteiger partial charge in [0.15, 0.2) is 0 Å². The van der Waals surface area contributed by atoms with E-state index in [4.69, 9.17) is 12.3 Å². The molecule has 0 atom stereocenters. The first-order valence-corrected chi connectivity index (χ1v) is 19.8. The molecular weight excluding hydrogens is 401 g/mol. The molecule has 0 aliphatic heterocycles. The molecule has 7 heteroatoms. The van der Waals surface area contributed by atoms with Crippen molar-refractivity contribution in [3.8, 4) is 0 Å². The molecule has 0 saturated heterocycles. The summed E-state index contributed by atoms with van der Waals surface area (Å²) in [4.78, 5) is 0. The average Bonchev–Trinajstić information content (AvgIpc) is 2.60. The van der Waals surface area contributed by atoms with Gasteiger partial charge in [-0.05, 0) is 44.8 Å². The Kier molecular flexibility index (Phi) is 7.95. The van der Waals surface area contributed by atoms with Gasteiger partial charge in [-0.25, -0.2) is 0 Å². The zero-order valence-electron chi connectivity index (χ0n) is 17.7. The second-order valence-corrected chi connectivity index (χ2v) is 23.1. The molecule has 0 spiro atoms. The van der Waals surface area contributed by atoms with Crippen molar-refractivity contribution in [2.45, 2.75) is 39.3 Å². The highest BCUT2D eigenvalue weighted by Crippen LogP contribution is 2.27. The molecule has 0 heterocycles. The summed E-state index contributed by atoms with van der Waals surface area (Å²) < 4.78 is 20.3. The summed E-state index contributed by atoms with van der Waals surface area (Å²) in [6.07, 6.45) is 1.82. The molecule has 0 radical (unpaired) electrons. The van der Waals surface area contributed by atoms with Gasteiger partial charge in [0.2, 0.25) is 25.0 Å². The van der Waals surface area contributed by atoms with Gasteiger partial charge in [-0.1, -0.05) is 54.0 Å². The smallest absolute Gasteiger partial charge is 0.409 e. The van der Waals surface area contributed by atoms with E-state index in [2.05, 4.69) is 65.6 Å². The third kappa shape index (κ3) is 6.79. The van der Waals surface area contributed by atoms with Gasteiger partial charge in [-0.3, -0.25) is 0 Å². The van der Waals surface area contributed by atoms with Crippen molar-refractivity contribution in [3.63, 3.8) is 0 Å². The second kappa shape index (κ2) is 8.95. The summed E-state index contributed by atoms with van der Waals surface area (Å²) in [7, 11) is -9.87. The van der Waals surface area contributed by atoms with Crippen LogP contribution in [-0.2, 0) is 12.3 Å². The van der Waals surface area contributed by atoms with E-state index in [1.54, 1.807) is 0 Å². The Morgan fingerprint density at radius 2 is 0.963 bits per heavy atom. The van der Waals surface area contributed by atoms with E-state index < -0.39 is 33.8 Å². The van der Waals surface area contributed by atoms with Crippen LogP contribution in [0.3, 0.4) is 0 Å². The molecule has 1 aromatic rings. The monoisotopic (exact) mass is 434 g/mol. The maximum atomic E-state index is 6.77. The molecule has 0 bridgehead atoms. The van der Waals surface area contributed by atoms with Crippen molar-refractivity contribution in [1.29, 1.82) is 0 Å². The Hall–Kier alpha value is -1.07. The molecule has 1 aromatic carbocycles. The maximum Gasteiger partial charge on any atom is 0.506 e. The van der Waals surface area contributed by atoms with Gasteiger partial charge in [0.25, 0.3) is 0 Å². The molecule has 0 N–H and O–H groups in total. The van der Waals surface area contributed by atoms with E-state index in [0.29, 0.717) is 0 Å². The standard InChI is InChI=1S/C20H34O3Si4/c1-11-19-15-17-20(18-16-19)27(21-24(5,6)12-2,22-25(7,8)13-3)23-26(9,10)14-4/h11-18H,1-4H2,5-10H3. The van der Waals surface area contributed by atoms with Crippen LogP contribution in [0.25, 0.3) is 6.08 Å². The van der Waals surface area contributed by atoms with Gasteiger partial charge in [-0.2, -0.15) is 0 Å². The van der Waals surface area contributed by atoms with Crippen molar-refractivity contribution in [3.05, 3.63) is 73.2 Å². The van der Waals surface area contributed by atoms with Gasteiger partial charge in [0, 0.05) is 5.19 Å². The first-order chi connectivity index (χ1) is 12.3. The molecule has 148 valence electrons. The lowest BCUT2D eigenvalue weighted by Crippen LogP contribution is -2.67. The molecule has 0 aliphatic rings. The maximum absolute atomic E-state index is 6.77. The van der Waals surface area contributed by atoms with Crippen LogP contribution in [0.4, 0.5) is 0 Å². The zero-order chi connectivity index (χ0) is 20.9. The van der Waals surface area contributed by atoms with Crippen LogP contribution in [0.5, 0.6) is 0 Å². The summed E-state index contributed by atoms with van der Waals surface area (Å²) >= 11 is 0. The predicted molar refractivity (Wildman–Crippen MR) is 128 cm³/mol. The van der Waals surface area contributed by atoms with Gasteiger partial charge in [0.05, 0.1) is 0 Å². The van der Waals surface area contributed by atoms with Crippen LogP contribution in [0.1, 0.15) is 5.56 Å². The number of benzene rings is 1. The highest BCUT2D eigenvalue weighted by Gasteiger charge is 2.53. The second-order valence-electron chi connectivity index (χ2n) is 8.11. The van der Waals surface area contributed by atoms with Crippen LogP contribution in [0.2, 0.25) is 39.3 Å². The summed E-state index contributed by atoms with van der Waals surface area (Å²) in [6.45, 7) is 28.5. The van der Waals surface area contributed by atoms with Gasteiger partial charge >= 0.3 is 8.80 Å². The fourth-order valence-corrected chi connectivity index (χ4v) is 15.2. The molecule has 3 nitrogen and oxygen atoms in total. The molecule has 0 aliphatic carbocycles. The minimum absolute atomic E-state index is 0.959. The van der Waals surface area contributed by atoms with E-state index in [1.165, 1.54) is 0 Å². The lowest BCUT2D eigenvalue weighted by molar-refractivity contribution is 0.277. The van der Waals surface area contributed by atoms with Crippen molar-refractivity contribution in [1.82, 2.24) is 0 Å². The van der Waals surface area contributed by atoms with Crippen molar-refractivity contribution in [2.24, 2.45) is 0 Å². The SMILES string of the molecule is C=Cc1ccc([Si](O[Si](C)(C)C=C)(O[Si](C)(C)C=C)O[Si](C)(C)C=C)cc1. The molecule has 1 rings (SSSR count). The van der Waals surface area contributed by atoms with Crippen LogP contribution in [0, 0.1) is 0 Å². The molecule has 0 saturated carbocycles. The summed E-state index contributed by atoms with van der Waals surface area (Å²) in [5, 5.41) is 0.959. The van der Waals surface area contributed by atoms with Crippen LogP contribution < -0.4 is 5.19 Å². The van der Waals surface area contributed by atoms with Crippen LogP contribution in [0.15, 0.2) is 67.7 Å². The number of hydrogen-bond donors (Lipinski definition) is 0. The first-order valence-electron chi connectivity index (χ1n) is 9.08. The molecule has 0 amide bonds. The minimum Gasteiger partial charge on any atom is -0.409 e. The van der Waals surface area contributed by atoms with E-state index in [-0.39, 0.29) is 0 Å². The van der Waals surface area contributed by atoms with E-state index >= 15 is 0 Å². The third-order valence-electron chi connectivity index (χ3n) is 4.17. The lowest BCUT2D eigenvalue weighted by Gasteiger charge is -2.43. The van der Waals surface area contributed by atoms with Crippen LogP contribution >= 0.6 is 0 Å². The largest absolute Gasteiger partial charge is 0.506 e. The minimum atomic E-state index is -3.24. The van der Waals surface area contributed by atoms with Crippen molar-refractivity contribution >= 4 is 45.0 Å². The Bertz CT molecular complexity index is 639. The quantitative estimate of drug-likeness (QED) is 0.441. The fraction of sp³-hybridized carbons (Fsp3) is 0.300. The molecule has 27 heavy (non-hydrogen) atoms. The highest BCUT2D eigenvalue weighted by atomic mass is 28.5. The normalized spacial score (nSPS) is 13.1. The molecule has 0 unspecified atom stereocenters. The first kappa shape index (κ1) is 24.0. The van der Waals surface area contributed by atoms with Gasteiger partial charge in [-0.15, -0.1) is 19.7 Å². The van der Waals surface area contributed by atoms with E-state index in [1.807, 2.05) is 47.4 Å². The van der Waals surface area contributed by atoms with Gasteiger partial charge in [0.1, 0.15) is 0 Å². The zero-order valence-corrected chi connectivity index (χ0v) is 21.7. The molecule has 0 aromatic heterocycles. The van der Waals surface area contributed by atoms with E-state index in [9.17, 15) is 0 Å². The Balaban J connectivity index is 3.67. The van der Waals surface area contributed by atoms with E-state index in [0.717, 1.165) is 10.8 Å². The molecule has 0 fully saturated rings. The summed E-state index contributed by atoms with van der Waals surface area (Å²) in [5.41, 5.74) is 6.81. The number of rotatable bonds is 11. The fourth-order valence-electron chi connectivity index (χ4n) is 2.23. The third-order valence-corrected chi connectivity index (χ3v) is 17.7. The Labute approximate surface area is 169 Å². The topological polar surface area (TPSA) is 27.7 Å².